The van der Waals surface area contributed by atoms with Crippen LogP contribution in [0, 0.1) is 0 Å². The Morgan fingerprint density at radius 3 is 2.53 bits per heavy atom. The molecule has 2 rings (SSSR count). The molecule has 0 N–H and O–H groups in total. The fourth-order valence-electron chi connectivity index (χ4n) is 2.36. The average molecular weight is 327 g/mol. The molecule has 0 aromatic rings. The SMILES string of the molecule is O=S(=O)(N1CCOCC1)N1CCCCC1CBr. The summed E-state index contributed by atoms with van der Waals surface area (Å²) in [6.45, 7) is 2.62. The predicted molar refractivity (Wildman–Crippen MR) is 69.5 cm³/mol. The number of hydrogen-bond donors (Lipinski definition) is 0. The number of ether oxygens (including phenoxy) is 1. The molecule has 0 aliphatic carbocycles. The molecule has 0 aromatic carbocycles. The fourth-order valence-corrected chi connectivity index (χ4v) is 5.05. The van der Waals surface area contributed by atoms with Crippen LogP contribution in [0.4, 0.5) is 0 Å². The second-order valence-electron chi connectivity index (χ2n) is 4.43. The van der Waals surface area contributed by atoms with E-state index in [0.29, 0.717) is 32.8 Å². The van der Waals surface area contributed by atoms with Crippen LogP contribution in [0.15, 0.2) is 0 Å². The Morgan fingerprint density at radius 2 is 1.88 bits per heavy atom. The molecule has 17 heavy (non-hydrogen) atoms. The Labute approximate surface area is 111 Å². The normalized spacial score (nSPS) is 29.4. The lowest BCUT2D eigenvalue weighted by atomic mass is 10.1. The van der Waals surface area contributed by atoms with Crippen molar-refractivity contribution in [2.75, 3.05) is 38.2 Å². The summed E-state index contributed by atoms with van der Waals surface area (Å²) in [5.41, 5.74) is 0. The second-order valence-corrected chi connectivity index (χ2v) is 6.96. The molecule has 0 spiro atoms. The molecule has 0 aromatic heterocycles. The van der Waals surface area contributed by atoms with E-state index in [1.165, 1.54) is 0 Å². The summed E-state index contributed by atoms with van der Waals surface area (Å²) in [4.78, 5) is 0. The molecule has 2 heterocycles. The van der Waals surface area contributed by atoms with E-state index < -0.39 is 10.2 Å². The van der Waals surface area contributed by atoms with Gasteiger partial charge in [0.25, 0.3) is 10.2 Å². The largest absolute Gasteiger partial charge is 0.379 e. The molecule has 0 bridgehead atoms. The van der Waals surface area contributed by atoms with Crippen molar-refractivity contribution in [3.8, 4) is 0 Å². The minimum Gasteiger partial charge on any atom is -0.379 e. The van der Waals surface area contributed by atoms with Crippen LogP contribution in [0.1, 0.15) is 19.3 Å². The van der Waals surface area contributed by atoms with Gasteiger partial charge in [-0.25, -0.2) is 0 Å². The molecule has 0 saturated carbocycles. The second kappa shape index (κ2) is 5.97. The van der Waals surface area contributed by atoms with Crippen molar-refractivity contribution in [3.63, 3.8) is 0 Å². The molecule has 1 atom stereocenters. The minimum atomic E-state index is -3.29. The van der Waals surface area contributed by atoms with Gasteiger partial charge in [0, 0.05) is 31.0 Å². The van der Waals surface area contributed by atoms with E-state index in [-0.39, 0.29) is 6.04 Å². The molecule has 0 radical (unpaired) electrons. The highest BCUT2D eigenvalue weighted by Crippen LogP contribution is 2.24. The van der Waals surface area contributed by atoms with Gasteiger partial charge in [-0.05, 0) is 12.8 Å². The van der Waals surface area contributed by atoms with Gasteiger partial charge in [-0.1, -0.05) is 22.4 Å². The van der Waals surface area contributed by atoms with E-state index in [1.54, 1.807) is 8.61 Å². The van der Waals surface area contributed by atoms with E-state index in [1.807, 2.05) is 0 Å². The zero-order valence-electron chi connectivity index (χ0n) is 9.85. The number of morpholine rings is 1. The lowest BCUT2D eigenvalue weighted by molar-refractivity contribution is 0.0686. The van der Waals surface area contributed by atoms with Gasteiger partial charge in [0.05, 0.1) is 13.2 Å². The third-order valence-electron chi connectivity index (χ3n) is 3.34. The van der Waals surface area contributed by atoms with Gasteiger partial charge in [-0.3, -0.25) is 0 Å². The molecule has 0 amide bonds. The lowest BCUT2D eigenvalue weighted by Crippen LogP contribution is -2.53. The summed E-state index contributed by atoms with van der Waals surface area (Å²) < 4.78 is 33.4. The van der Waals surface area contributed by atoms with E-state index in [4.69, 9.17) is 4.74 Å². The molecule has 2 fully saturated rings. The van der Waals surface area contributed by atoms with Crippen molar-refractivity contribution in [2.24, 2.45) is 0 Å². The first-order chi connectivity index (χ1) is 8.16. The minimum absolute atomic E-state index is 0.108. The Bertz CT molecular complexity index is 343. The highest BCUT2D eigenvalue weighted by Gasteiger charge is 2.36. The van der Waals surface area contributed by atoms with Gasteiger partial charge in [0.15, 0.2) is 0 Å². The molecule has 1 unspecified atom stereocenters. The van der Waals surface area contributed by atoms with Gasteiger partial charge in [-0.2, -0.15) is 17.0 Å². The molecule has 7 heteroatoms. The van der Waals surface area contributed by atoms with Crippen molar-refractivity contribution >= 4 is 26.1 Å². The van der Waals surface area contributed by atoms with Crippen LogP contribution >= 0.6 is 15.9 Å². The first kappa shape index (κ1) is 13.7. The maximum Gasteiger partial charge on any atom is 0.282 e. The Morgan fingerprint density at radius 1 is 1.18 bits per heavy atom. The Hall–Kier alpha value is 0.310. The predicted octanol–water partition coefficient (Wildman–Crippen LogP) is 0.813. The first-order valence-electron chi connectivity index (χ1n) is 6.07. The number of halogens is 1. The zero-order valence-corrected chi connectivity index (χ0v) is 12.2. The number of alkyl halides is 1. The Kier molecular flexibility index (Phi) is 4.82. The molecular weight excluding hydrogens is 308 g/mol. The smallest absolute Gasteiger partial charge is 0.282 e. The summed E-state index contributed by atoms with van der Waals surface area (Å²) >= 11 is 3.42. The summed E-state index contributed by atoms with van der Waals surface area (Å²) in [5, 5.41) is 0.719. The van der Waals surface area contributed by atoms with E-state index in [2.05, 4.69) is 15.9 Å². The quantitative estimate of drug-likeness (QED) is 0.721. The standard InChI is InChI=1S/C10H19BrN2O3S/c11-9-10-3-1-2-4-13(10)17(14,15)12-5-7-16-8-6-12/h10H,1-9H2. The lowest BCUT2D eigenvalue weighted by Gasteiger charge is -2.38. The van der Waals surface area contributed by atoms with Crippen molar-refractivity contribution < 1.29 is 13.2 Å². The van der Waals surface area contributed by atoms with Crippen LogP contribution in [0.2, 0.25) is 0 Å². The summed E-state index contributed by atoms with van der Waals surface area (Å²) in [5.74, 6) is 0. The van der Waals surface area contributed by atoms with Gasteiger partial charge < -0.3 is 4.74 Å². The Balaban J connectivity index is 2.11. The highest BCUT2D eigenvalue weighted by atomic mass is 79.9. The van der Waals surface area contributed by atoms with E-state index in [0.717, 1.165) is 24.6 Å². The van der Waals surface area contributed by atoms with Gasteiger partial charge in [0.2, 0.25) is 0 Å². The molecule has 2 aliphatic rings. The van der Waals surface area contributed by atoms with Crippen molar-refractivity contribution in [2.45, 2.75) is 25.3 Å². The van der Waals surface area contributed by atoms with Gasteiger partial charge >= 0.3 is 0 Å². The number of nitrogens with zero attached hydrogens (tertiary/aromatic N) is 2. The van der Waals surface area contributed by atoms with Crippen LogP contribution in [-0.2, 0) is 14.9 Å². The van der Waals surface area contributed by atoms with Crippen LogP contribution in [0.25, 0.3) is 0 Å². The van der Waals surface area contributed by atoms with Gasteiger partial charge in [-0.15, -0.1) is 0 Å². The van der Waals surface area contributed by atoms with Crippen LogP contribution in [-0.4, -0.2) is 61.2 Å². The maximum atomic E-state index is 12.5. The number of hydrogen-bond acceptors (Lipinski definition) is 3. The van der Waals surface area contributed by atoms with Crippen molar-refractivity contribution in [1.29, 1.82) is 0 Å². The third kappa shape index (κ3) is 3.01. The molecule has 2 saturated heterocycles. The molecule has 5 nitrogen and oxygen atoms in total. The zero-order chi connectivity index (χ0) is 12.3. The topological polar surface area (TPSA) is 49.9 Å². The summed E-state index contributed by atoms with van der Waals surface area (Å²) in [6.07, 6.45) is 3.04. The molecule has 100 valence electrons. The van der Waals surface area contributed by atoms with Crippen LogP contribution < -0.4 is 0 Å². The number of piperidine rings is 1. The third-order valence-corrected chi connectivity index (χ3v) is 6.18. The van der Waals surface area contributed by atoms with Crippen molar-refractivity contribution in [3.05, 3.63) is 0 Å². The first-order valence-corrected chi connectivity index (χ1v) is 8.58. The fraction of sp³-hybridized carbons (Fsp3) is 1.00. The molecule has 2 aliphatic heterocycles. The van der Waals surface area contributed by atoms with Crippen LogP contribution in [0.3, 0.4) is 0 Å². The average Bonchev–Trinajstić information content (AvgIpc) is 2.39. The highest BCUT2D eigenvalue weighted by molar-refractivity contribution is 9.09. The van der Waals surface area contributed by atoms with E-state index >= 15 is 0 Å². The van der Waals surface area contributed by atoms with Gasteiger partial charge in [0.1, 0.15) is 0 Å². The van der Waals surface area contributed by atoms with Crippen LogP contribution in [0.5, 0.6) is 0 Å². The summed E-state index contributed by atoms with van der Waals surface area (Å²) in [7, 11) is -3.29. The number of rotatable bonds is 3. The molecular formula is C10H19BrN2O3S. The van der Waals surface area contributed by atoms with Crippen molar-refractivity contribution in [1.82, 2.24) is 8.61 Å². The monoisotopic (exact) mass is 326 g/mol. The van der Waals surface area contributed by atoms with E-state index in [9.17, 15) is 8.42 Å². The summed E-state index contributed by atoms with van der Waals surface area (Å²) in [6, 6.07) is 0.108. The maximum absolute atomic E-state index is 12.5.